The maximum absolute atomic E-state index is 12.8. The van der Waals surface area contributed by atoms with Crippen LogP contribution in [0.4, 0.5) is 23.7 Å². The van der Waals surface area contributed by atoms with Gasteiger partial charge in [-0.1, -0.05) is 11.6 Å². The summed E-state index contributed by atoms with van der Waals surface area (Å²) in [4.78, 5) is 48.7. The number of nitrogens with one attached hydrogen (secondary N) is 1. The summed E-state index contributed by atoms with van der Waals surface area (Å²) in [5.41, 5.74) is -1.37. The summed E-state index contributed by atoms with van der Waals surface area (Å²) in [6.07, 6.45) is -4.72. The molecule has 11 heteroatoms. The summed E-state index contributed by atoms with van der Waals surface area (Å²) in [5.74, 6) is -3.19. The van der Waals surface area contributed by atoms with Gasteiger partial charge in [0.15, 0.2) is 0 Å². The number of nitrogens with zero attached hydrogens (tertiary/aromatic N) is 2. The van der Waals surface area contributed by atoms with E-state index in [1.165, 1.54) is 13.8 Å². The Hall–Kier alpha value is -2.62. The minimum absolute atomic E-state index is 0.224. The average Bonchev–Trinajstić information content (AvgIpc) is 2.71. The lowest BCUT2D eigenvalue weighted by Gasteiger charge is -2.18. The molecule has 0 unspecified atom stereocenters. The van der Waals surface area contributed by atoms with Crippen LogP contribution in [0.15, 0.2) is 18.2 Å². The van der Waals surface area contributed by atoms with E-state index in [0.29, 0.717) is 15.9 Å². The van der Waals surface area contributed by atoms with Gasteiger partial charge < -0.3 is 5.32 Å². The Morgan fingerprint density at radius 2 is 1.81 bits per heavy atom. The molecule has 1 aromatic rings. The predicted molar refractivity (Wildman–Crippen MR) is 84.2 cm³/mol. The molecule has 0 spiro atoms. The minimum atomic E-state index is -4.72. The molecule has 5 amide bonds. The summed E-state index contributed by atoms with van der Waals surface area (Å²) in [6, 6.07) is 1.17. The van der Waals surface area contributed by atoms with Gasteiger partial charge in [0, 0.05) is 11.7 Å². The number of halogens is 4. The van der Waals surface area contributed by atoms with Crippen molar-refractivity contribution in [2.45, 2.75) is 26.1 Å². The van der Waals surface area contributed by atoms with E-state index in [2.05, 4.69) is 5.32 Å². The number of hydrogen-bond acceptors (Lipinski definition) is 4. The highest BCUT2D eigenvalue weighted by atomic mass is 35.5. The largest absolute Gasteiger partial charge is 0.417 e. The molecular weight excluding hydrogens is 379 g/mol. The van der Waals surface area contributed by atoms with E-state index in [-0.39, 0.29) is 5.69 Å². The maximum Gasteiger partial charge on any atom is 0.417 e. The highest BCUT2D eigenvalue weighted by Crippen LogP contribution is 2.36. The number of rotatable bonds is 4. The lowest BCUT2D eigenvalue weighted by molar-refractivity contribution is -0.144. The van der Waals surface area contributed by atoms with E-state index >= 15 is 0 Å². The van der Waals surface area contributed by atoms with Crippen molar-refractivity contribution < 1.29 is 32.3 Å². The van der Waals surface area contributed by atoms with E-state index in [4.69, 9.17) is 11.6 Å². The van der Waals surface area contributed by atoms with Crippen molar-refractivity contribution in [2.75, 3.05) is 11.9 Å². The van der Waals surface area contributed by atoms with Gasteiger partial charge >= 0.3 is 24.0 Å². The Labute approximate surface area is 150 Å². The quantitative estimate of drug-likeness (QED) is 0.631. The number of amides is 5. The number of urea groups is 1. The number of carbonyl (C=O) groups excluding carboxylic acids is 4. The molecule has 0 atom stereocenters. The molecule has 1 heterocycles. The maximum atomic E-state index is 12.8. The molecule has 0 aromatic heterocycles. The van der Waals surface area contributed by atoms with Gasteiger partial charge in [-0.2, -0.15) is 13.2 Å². The fraction of sp³-hybridized carbons (Fsp3) is 0.333. The third-order valence-corrected chi connectivity index (χ3v) is 3.79. The fourth-order valence-electron chi connectivity index (χ4n) is 2.28. The number of alkyl halides is 3. The molecular formula is C15H13ClF3N3O4. The second-order valence-electron chi connectivity index (χ2n) is 5.68. The van der Waals surface area contributed by atoms with E-state index in [1.807, 2.05) is 0 Å². The first-order valence-electron chi connectivity index (χ1n) is 7.29. The molecule has 1 aliphatic heterocycles. The number of carbonyl (C=O) groups is 4. The molecule has 1 aromatic carbocycles. The Kier molecular flexibility index (Phi) is 5.26. The zero-order chi connectivity index (χ0) is 19.8. The lowest BCUT2D eigenvalue weighted by atomic mass is 10.2. The topological polar surface area (TPSA) is 86.8 Å². The van der Waals surface area contributed by atoms with Crippen LogP contribution in [0.1, 0.15) is 19.4 Å². The van der Waals surface area contributed by atoms with Crippen LogP contribution in [-0.2, 0) is 20.6 Å². The molecule has 26 heavy (non-hydrogen) atoms. The van der Waals surface area contributed by atoms with Crippen molar-refractivity contribution >= 4 is 41.0 Å². The highest BCUT2D eigenvalue weighted by molar-refractivity contribution is 6.45. The van der Waals surface area contributed by atoms with Crippen LogP contribution in [-0.4, -0.2) is 46.1 Å². The van der Waals surface area contributed by atoms with E-state index in [9.17, 15) is 32.3 Å². The molecule has 1 N–H and O–H groups in total. The summed E-state index contributed by atoms with van der Waals surface area (Å²) < 4.78 is 38.5. The number of hydrogen-bond donors (Lipinski definition) is 1. The third kappa shape index (κ3) is 3.79. The van der Waals surface area contributed by atoms with Crippen LogP contribution in [0.25, 0.3) is 0 Å². The van der Waals surface area contributed by atoms with Crippen molar-refractivity contribution in [2.24, 2.45) is 0 Å². The standard InChI is InChI=1S/C15H13ClF3N3O4/c1-7(2)22-13(25)12(24)21(14(22)26)6-11(23)20-8-3-4-10(16)9(5-8)15(17,18)19/h3-5,7H,6H2,1-2H3,(H,20,23). The zero-order valence-electron chi connectivity index (χ0n) is 13.6. The number of imide groups is 2. The first kappa shape index (κ1) is 19.7. The average molecular weight is 392 g/mol. The zero-order valence-corrected chi connectivity index (χ0v) is 14.3. The van der Waals surface area contributed by atoms with Gasteiger partial charge in [0.2, 0.25) is 5.91 Å². The smallest absolute Gasteiger partial charge is 0.325 e. The van der Waals surface area contributed by atoms with Crippen molar-refractivity contribution in [1.29, 1.82) is 0 Å². The van der Waals surface area contributed by atoms with Crippen LogP contribution in [0, 0.1) is 0 Å². The Bertz CT molecular complexity index is 795. The van der Waals surface area contributed by atoms with Gasteiger partial charge in [0.05, 0.1) is 10.6 Å². The summed E-state index contributed by atoms with van der Waals surface area (Å²) in [5, 5.41) is 1.59. The molecule has 0 bridgehead atoms. The molecule has 0 radical (unpaired) electrons. The molecule has 7 nitrogen and oxygen atoms in total. The monoisotopic (exact) mass is 391 g/mol. The Morgan fingerprint density at radius 1 is 1.19 bits per heavy atom. The second kappa shape index (κ2) is 6.94. The van der Waals surface area contributed by atoms with Crippen molar-refractivity contribution in [3.8, 4) is 0 Å². The fourth-order valence-corrected chi connectivity index (χ4v) is 2.51. The summed E-state index contributed by atoms with van der Waals surface area (Å²) in [7, 11) is 0. The van der Waals surface area contributed by atoms with Crippen LogP contribution in [0.3, 0.4) is 0 Å². The number of benzene rings is 1. The van der Waals surface area contributed by atoms with Gasteiger partial charge in [-0.25, -0.2) is 9.69 Å². The van der Waals surface area contributed by atoms with Crippen LogP contribution in [0.2, 0.25) is 5.02 Å². The molecule has 1 aliphatic rings. The lowest BCUT2D eigenvalue weighted by Crippen LogP contribution is -2.40. The predicted octanol–water partition coefficient (Wildman–Crippen LogP) is 2.50. The van der Waals surface area contributed by atoms with Crippen LogP contribution in [0.5, 0.6) is 0 Å². The molecule has 1 fully saturated rings. The van der Waals surface area contributed by atoms with Crippen molar-refractivity contribution in [3.63, 3.8) is 0 Å². The molecule has 0 saturated carbocycles. The third-order valence-electron chi connectivity index (χ3n) is 3.46. The van der Waals surface area contributed by atoms with Crippen LogP contribution < -0.4 is 5.32 Å². The molecule has 140 valence electrons. The summed E-state index contributed by atoms with van der Waals surface area (Å²) >= 11 is 5.48. The second-order valence-corrected chi connectivity index (χ2v) is 6.09. The highest BCUT2D eigenvalue weighted by Gasteiger charge is 2.46. The van der Waals surface area contributed by atoms with Crippen molar-refractivity contribution in [3.05, 3.63) is 28.8 Å². The Morgan fingerprint density at radius 3 is 2.31 bits per heavy atom. The van der Waals surface area contributed by atoms with Gasteiger partial charge in [-0.15, -0.1) is 0 Å². The minimum Gasteiger partial charge on any atom is -0.325 e. The molecule has 2 rings (SSSR count). The van der Waals surface area contributed by atoms with Crippen LogP contribution >= 0.6 is 11.6 Å². The molecule has 1 saturated heterocycles. The SMILES string of the molecule is CC(C)N1C(=O)C(=O)N(CC(=O)Nc2ccc(Cl)c(C(F)(F)F)c2)C1=O. The van der Waals surface area contributed by atoms with Gasteiger partial charge in [0.25, 0.3) is 0 Å². The number of anilines is 1. The van der Waals surface area contributed by atoms with Crippen molar-refractivity contribution in [1.82, 2.24) is 9.80 Å². The Balaban J connectivity index is 2.14. The summed E-state index contributed by atoms with van der Waals surface area (Å²) in [6.45, 7) is 2.22. The first-order chi connectivity index (χ1) is 11.9. The van der Waals surface area contributed by atoms with E-state index < -0.39 is 53.1 Å². The normalized spacial score (nSPS) is 15.3. The van der Waals surface area contributed by atoms with Gasteiger partial charge in [-0.3, -0.25) is 19.3 Å². The first-order valence-corrected chi connectivity index (χ1v) is 7.67. The van der Waals surface area contributed by atoms with Gasteiger partial charge in [-0.05, 0) is 32.0 Å². The molecule has 0 aliphatic carbocycles. The van der Waals surface area contributed by atoms with Gasteiger partial charge in [0.1, 0.15) is 6.54 Å². The van der Waals surface area contributed by atoms with E-state index in [1.54, 1.807) is 0 Å². The van der Waals surface area contributed by atoms with E-state index in [0.717, 1.165) is 12.1 Å².